The summed E-state index contributed by atoms with van der Waals surface area (Å²) in [6.07, 6.45) is 1.81. The lowest BCUT2D eigenvalue weighted by Crippen LogP contribution is -2.47. The summed E-state index contributed by atoms with van der Waals surface area (Å²) < 4.78 is 0. The quantitative estimate of drug-likeness (QED) is 0.463. The Morgan fingerprint density at radius 3 is 2.28 bits per heavy atom. The van der Waals surface area contributed by atoms with Crippen molar-refractivity contribution in [1.29, 1.82) is 0 Å². The fraction of sp³-hybridized carbons (Fsp3) is 0.276. The Kier molecular flexibility index (Phi) is 8.34. The highest BCUT2D eigenvalue weighted by atomic mass is 16.2. The SMILES string of the molecule is Cc1ccc(NC(=O)NCC2CCCN(C(=O)CNC(=O)c3ccc(-c4ccccc4)cc3)C2)cc1. The lowest BCUT2D eigenvalue weighted by atomic mass is 9.98. The topological polar surface area (TPSA) is 90.5 Å². The number of nitrogens with zero attached hydrogens (tertiary/aromatic N) is 1. The maximum absolute atomic E-state index is 12.7. The molecule has 3 aromatic rings. The normalized spacial score (nSPS) is 15.1. The zero-order valence-electron chi connectivity index (χ0n) is 20.5. The fourth-order valence-corrected chi connectivity index (χ4v) is 4.32. The first-order valence-corrected chi connectivity index (χ1v) is 12.3. The lowest BCUT2D eigenvalue weighted by molar-refractivity contribution is -0.131. The molecule has 0 radical (unpaired) electrons. The highest BCUT2D eigenvalue weighted by molar-refractivity contribution is 5.96. The van der Waals surface area contributed by atoms with Crippen LogP contribution >= 0.6 is 0 Å². The average molecular weight is 485 g/mol. The lowest BCUT2D eigenvalue weighted by Gasteiger charge is -2.33. The number of nitrogens with one attached hydrogen (secondary N) is 3. The molecule has 1 heterocycles. The summed E-state index contributed by atoms with van der Waals surface area (Å²) in [6, 6.07) is 24.7. The smallest absolute Gasteiger partial charge is 0.319 e. The van der Waals surface area contributed by atoms with E-state index in [9.17, 15) is 14.4 Å². The van der Waals surface area contributed by atoms with Crippen LogP contribution in [0.2, 0.25) is 0 Å². The Morgan fingerprint density at radius 2 is 1.56 bits per heavy atom. The van der Waals surface area contributed by atoms with E-state index in [1.54, 1.807) is 17.0 Å². The molecule has 3 aromatic carbocycles. The van der Waals surface area contributed by atoms with Crippen molar-refractivity contribution < 1.29 is 14.4 Å². The van der Waals surface area contributed by atoms with E-state index in [2.05, 4.69) is 16.0 Å². The van der Waals surface area contributed by atoms with Crippen LogP contribution in [-0.2, 0) is 4.79 Å². The van der Waals surface area contributed by atoms with Gasteiger partial charge in [0.1, 0.15) is 0 Å². The third-order valence-electron chi connectivity index (χ3n) is 6.39. The Labute approximate surface area is 211 Å². The van der Waals surface area contributed by atoms with Crippen molar-refractivity contribution in [3.8, 4) is 11.1 Å². The first kappa shape index (κ1) is 25.0. The number of aryl methyl sites for hydroxylation is 1. The summed E-state index contributed by atoms with van der Waals surface area (Å²) >= 11 is 0. The summed E-state index contributed by atoms with van der Waals surface area (Å²) in [6.45, 7) is 3.65. The number of rotatable bonds is 7. The average Bonchev–Trinajstić information content (AvgIpc) is 2.92. The largest absolute Gasteiger partial charge is 0.343 e. The monoisotopic (exact) mass is 484 g/mol. The number of carbonyl (C=O) groups is 3. The van der Waals surface area contributed by atoms with Crippen LogP contribution in [0.4, 0.5) is 10.5 Å². The molecule has 1 atom stereocenters. The number of benzene rings is 3. The standard InChI is InChI=1S/C29H32N4O3/c1-21-9-15-26(16-10-21)32-29(36)31-18-22-6-5-17-33(20-22)27(34)19-30-28(35)25-13-11-24(12-14-25)23-7-3-2-4-8-23/h2-4,7-16,22H,5-6,17-20H2,1H3,(H,30,35)(H2,31,32,36). The van der Waals surface area contributed by atoms with Gasteiger partial charge in [-0.15, -0.1) is 0 Å². The van der Waals surface area contributed by atoms with E-state index in [-0.39, 0.29) is 30.3 Å². The third kappa shape index (κ3) is 6.95. The predicted octanol–water partition coefficient (Wildman–Crippen LogP) is 4.45. The van der Waals surface area contributed by atoms with Crippen LogP contribution in [0.1, 0.15) is 28.8 Å². The number of anilines is 1. The molecule has 7 heteroatoms. The van der Waals surface area contributed by atoms with Gasteiger partial charge >= 0.3 is 6.03 Å². The molecule has 1 saturated heterocycles. The Bertz CT molecular complexity index is 1180. The van der Waals surface area contributed by atoms with Gasteiger partial charge in [-0.3, -0.25) is 9.59 Å². The first-order valence-electron chi connectivity index (χ1n) is 12.3. The number of urea groups is 1. The van der Waals surface area contributed by atoms with Crippen LogP contribution in [0.5, 0.6) is 0 Å². The number of amides is 4. The van der Waals surface area contributed by atoms with E-state index in [1.165, 1.54) is 0 Å². The summed E-state index contributed by atoms with van der Waals surface area (Å²) in [5.74, 6) is -0.211. The van der Waals surface area contributed by atoms with Crippen LogP contribution in [0.15, 0.2) is 78.9 Å². The van der Waals surface area contributed by atoms with Crippen LogP contribution in [0.25, 0.3) is 11.1 Å². The van der Waals surface area contributed by atoms with E-state index in [0.717, 1.165) is 35.2 Å². The molecule has 1 fully saturated rings. The van der Waals surface area contributed by atoms with Crippen molar-refractivity contribution in [3.05, 3.63) is 90.0 Å². The van der Waals surface area contributed by atoms with E-state index >= 15 is 0 Å². The van der Waals surface area contributed by atoms with Gasteiger partial charge in [0.2, 0.25) is 5.91 Å². The molecule has 186 valence electrons. The fourth-order valence-electron chi connectivity index (χ4n) is 4.32. The number of hydrogen-bond acceptors (Lipinski definition) is 3. The second-order valence-corrected chi connectivity index (χ2v) is 9.18. The minimum Gasteiger partial charge on any atom is -0.343 e. The minimum atomic E-state index is -0.272. The molecule has 36 heavy (non-hydrogen) atoms. The Morgan fingerprint density at radius 1 is 0.861 bits per heavy atom. The summed E-state index contributed by atoms with van der Waals surface area (Å²) in [4.78, 5) is 39.3. The van der Waals surface area contributed by atoms with Crippen LogP contribution in [-0.4, -0.2) is 48.9 Å². The van der Waals surface area contributed by atoms with E-state index in [0.29, 0.717) is 25.2 Å². The molecule has 0 aliphatic carbocycles. The zero-order valence-corrected chi connectivity index (χ0v) is 20.5. The number of hydrogen-bond donors (Lipinski definition) is 3. The minimum absolute atomic E-state index is 0.0483. The molecule has 1 unspecified atom stereocenters. The van der Waals surface area contributed by atoms with Gasteiger partial charge < -0.3 is 20.9 Å². The van der Waals surface area contributed by atoms with Crippen LogP contribution in [0.3, 0.4) is 0 Å². The van der Waals surface area contributed by atoms with E-state index in [4.69, 9.17) is 0 Å². The molecule has 0 saturated carbocycles. The van der Waals surface area contributed by atoms with Gasteiger partial charge in [0, 0.05) is 30.9 Å². The second-order valence-electron chi connectivity index (χ2n) is 9.18. The van der Waals surface area contributed by atoms with E-state index < -0.39 is 0 Å². The molecule has 7 nitrogen and oxygen atoms in total. The van der Waals surface area contributed by atoms with E-state index in [1.807, 2.05) is 73.7 Å². The van der Waals surface area contributed by atoms with Gasteiger partial charge in [0.25, 0.3) is 5.91 Å². The maximum Gasteiger partial charge on any atom is 0.319 e. The highest BCUT2D eigenvalue weighted by Gasteiger charge is 2.24. The van der Waals surface area contributed by atoms with Gasteiger partial charge in [-0.05, 0) is 61.1 Å². The van der Waals surface area contributed by atoms with Crippen molar-refractivity contribution in [2.75, 3.05) is 31.5 Å². The molecule has 1 aliphatic rings. The summed E-state index contributed by atoms with van der Waals surface area (Å²) in [7, 11) is 0. The molecular weight excluding hydrogens is 452 g/mol. The van der Waals surface area contributed by atoms with Crippen LogP contribution in [0, 0.1) is 12.8 Å². The van der Waals surface area contributed by atoms with Gasteiger partial charge in [-0.25, -0.2) is 4.79 Å². The molecule has 0 bridgehead atoms. The molecule has 4 rings (SSSR count). The molecule has 3 N–H and O–H groups in total. The third-order valence-corrected chi connectivity index (χ3v) is 6.39. The van der Waals surface area contributed by atoms with Gasteiger partial charge in [-0.1, -0.05) is 60.2 Å². The van der Waals surface area contributed by atoms with Gasteiger partial charge in [0.15, 0.2) is 0 Å². The van der Waals surface area contributed by atoms with Crippen molar-refractivity contribution >= 4 is 23.5 Å². The summed E-state index contributed by atoms with van der Waals surface area (Å²) in [5.41, 5.74) is 4.50. The molecule has 1 aliphatic heterocycles. The Hall–Kier alpha value is -4.13. The second kappa shape index (κ2) is 12.0. The number of carbonyl (C=O) groups excluding carboxylic acids is 3. The molecule has 0 spiro atoms. The predicted molar refractivity (Wildman–Crippen MR) is 142 cm³/mol. The van der Waals surface area contributed by atoms with Crippen molar-refractivity contribution in [3.63, 3.8) is 0 Å². The Balaban J connectivity index is 1.21. The van der Waals surface area contributed by atoms with Crippen molar-refractivity contribution in [2.24, 2.45) is 5.92 Å². The molecule has 0 aromatic heterocycles. The highest BCUT2D eigenvalue weighted by Crippen LogP contribution is 2.19. The molecular formula is C29H32N4O3. The summed E-state index contributed by atoms with van der Waals surface area (Å²) in [5, 5.41) is 8.47. The van der Waals surface area contributed by atoms with Gasteiger partial charge in [0.05, 0.1) is 6.54 Å². The van der Waals surface area contributed by atoms with Crippen molar-refractivity contribution in [1.82, 2.24) is 15.5 Å². The van der Waals surface area contributed by atoms with Gasteiger partial charge in [-0.2, -0.15) is 0 Å². The van der Waals surface area contributed by atoms with Crippen molar-refractivity contribution in [2.45, 2.75) is 19.8 Å². The zero-order chi connectivity index (χ0) is 25.3. The van der Waals surface area contributed by atoms with Crippen LogP contribution < -0.4 is 16.0 Å². The first-order chi connectivity index (χ1) is 17.5. The maximum atomic E-state index is 12.7. The number of likely N-dealkylation sites (tertiary alicyclic amines) is 1. The number of piperidine rings is 1. The molecule has 4 amide bonds.